The molecule has 2 N–H and O–H groups in total. The van der Waals surface area contributed by atoms with Crippen molar-refractivity contribution in [3.05, 3.63) is 36.3 Å². The van der Waals surface area contributed by atoms with Crippen LogP contribution in [0.3, 0.4) is 0 Å². The Morgan fingerprint density at radius 3 is 2.52 bits per heavy atom. The lowest BCUT2D eigenvalue weighted by Gasteiger charge is -2.07. The van der Waals surface area contributed by atoms with Crippen molar-refractivity contribution < 1.29 is 17.2 Å². The molecule has 0 aliphatic carbocycles. The Kier molecular flexibility index (Phi) is 4.84. The minimum atomic E-state index is -3.76. The molecule has 0 radical (unpaired) electrons. The van der Waals surface area contributed by atoms with E-state index in [0.717, 1.165) is 0 Å². The molecule has 0 amide bonds. The van der Waals surface area contributed by atoms with E-state index in [-0.39, 0.29) is 5.03 Å². The number of aryl methyl sites for hydroxylation is 1. The molecule has 0 bridgehead atoms. The standard InChI is InChI=1S/C12H13F2N3O2S2/c1-2-10-15-7-11(16-10)21(18,19)17-8-3-5-9(6-4-8)20-12(13)14/h3-7,12,17H,2H2,1H3,(H,15,16). The van der Waals surface area contributed by atoms with E-state index >= 15 is 0 Å². The molecule has 0 saturated heterocycles. The van der Waals surface area contributed by atoms with Crippen molar-refractivity contribution in [1.29, 1.82) is 0 Å². The highest BCUT2D eigenvalue weighted by Gasteiger charge is 2.17. The van der Waals surface area contributed by atoms with Gasteiger partial charge < -0.3 is 4.98 Å². The van der Waals surface area contributed by atoms with Crippen LogP contribution in [0, 0.1) is 0 Å². The first-order valence-electron chi connectivity index (χ1n) is 6.02. The predicted molar refractivity (Wildman–Crippen MR) is 77.1 cm³/mol. The van der Waals surface area contributed by atoms with Crippen LogP contribution in [0.4, 0.5) is 14.5 Å². The van der Waals surface area contributed by atoms with Gasteiger partial charge in [-0.05, 0) is 24.3 Å². The van der Waals surface area contributed by atoms with Crippen molar-refractivity contribution >= 4 is 27.5 Å². The Morgan fingerprint density at radius 1 is 1.33 bits per heavy atom. The number of halogens is 2. The summed E-state index contributed by atoms with van der Waals surface area (Å²) in [6, 6.07) is 5.72. The van der Waals surface area contributed by atoms with Gasteiger partial charge in [0.05, 0.1) is 6.20 Å². The van der Waals surface area contributed by atoms with Crippen LogP contribution in [0.25, 0.3) is 0 Å². The number of anilines is 1. The van der Waals surface area contributed by atoms with E-state index in [9.17, 15) is 17.2 Å². The van der Waals surface area contributed by atoms with Gasteiger partial charge in [0.25, 0.3) is 15.8 Å². The Bertz CT molecular complexity index is 700. The van der Waals surface area contributed by atoms with Crippen LogP contribution in [0.5, 0.6) is 0 Å². The number of aromatic nitrogens is 2. The first-order chi connectivity index (χ1) is 9.90. The molecule has 0 fully saturated rings. The van der Waals surface area contributed by atoms with Crippen LogP contribution in [-0.4, -0.2) is 24.1 Å². The van der Waals surface area contributed by atoms with E-state index in [0.29, 0.717) is 34.6 Å². The summed E-state index contributed by atoms with van der Waals surface area (Å²) < 4.78 is 50.9. The molecule has 2 rings (SSSR count). The fourth-order valence-electron chi connectivity index (χ4n) is 1.57. The largest absolute Gasteiger partial charge is 0.332 e. The van der Waals surface area contributed by atoms with Crippen molar-refractivity contribution in [2.45, 2.75) is 29.0 Å². The number of sulfonamides is 1. The maximum atomic E-state index is 12.2. The van der Waals surface area contributed by atoms with Gasteiger partial charge in [-0.1, -0.05) is 18.7 Å². The first kappa shape index (κ1) is 15.8. The van der Waals surface area contributed by atoms with Crippen LogP contribution in [-0.2, 0) is 16.4 Å². The Balaban J connectivity index is 2.13. The average molecular weight is 333 g/mol. The maximum absolute atomic E-state index is 12.2. The molecular weight excluding hydrogens is 320 g/mol. The molecule has 0 aliphatic heterocycles. The minimum absolute atomic E-state index is 0.0367. The van der Waals surface area contributed by atoms with Crippen molar-refractivity contribution in [1.82, 2.24) is 9.97 Å². The zero-order chi connectivity index (χ0) is 15.5. The van der Waals surface area contributed by atoms with Gasteiger partial charge in [0.2, 0.25) is 0 Å². The van der Waals surface area contributed by atoms with Crippen molar-refractivity contribution in [2.24, 2.45) is 0 Å². The highest BCUT2D eigenvalue weighted by atomic mass is 32.2. The SMILES string of the molecule is CCc1ncc(S(=O)(=O)Nc2ccc(SC(F)F)cc2)[nH]1. The highest BCUT2D eigenvalue weighted by molar-refractivity contribution is 7.99. The van der Waals surface area contributed by atoms with Gasteiger partial charge in [0.15, 0.2) is 5.03 Å². The second-order valence-electron chi connectivity index (χ2n) is 4.06. The second kappa shape index (κ2) is 6.44. The van der Waals surface area contributed by atoms with Crippen LogP contribution in [0.1, 0.15) is 12.7 Å². The number of imidazole rings is 1. The number of hydrogen-bond donors (Lipinski definition) is 2. The molecule has 0 spiro atoms. The number of rotatable bonds is 6. The molecule has 1 aromatic heterocycles. The molecule has 0 saturated carbocycles. The number of benzene rings is 1. The number of thioether (sulfide) groups is 1. The van der Waals surface area contributed by atoms with Crippen LogP contribution >= 0.6 is 11.8 Å². The molecule has 0 aliphatic rings. The summed E-state index contributed by atoms with van der Waals surface area (Å²) >= 11 is 0.401. The molecule has 21 heavy (non-hydrogen) atoms. The van der Waals surface area contributed by atoms with E-state index in [1.807, 2.05) is 6.92 Å². The molecule has 0 unspecified atom stereocenters. The minimum Gasteiger partial charge on any atom is -0.332 e. The monoisotopic (exact) mass is 333 g/mol. The molecule has 5 nitrogen and oxygen atoms in total. The lowest BCUT2D eigenvalue weighted by Crippen LogP contribution is -2.13. The molecule has 2 aromatic rings. The van der Waals surface area contributed by atoms with Gasteiger partial charge in [-0.15, -0.1) is 0 Å². The molecule has 114 valence electrons. The van der Waals surface area contributed by atoms with E-state index in [1.165, 1.54) is 30.5 Å². The molecule has 9 heteroatoms. The summed E-state index contributed by atoms with van der Waals surface area (Å²) in [4.78, 5) is 6.99. The Labute approximate surface area is 125 Å². The maximum Gasteiger partial charge on any atom is 0.288 e. The first-order valence-corrected chi connectivity index (χ1v) is 8.38. The second-order valence-corrected chi connectivity index (χ2v) is 6.77. The summed E-state index contributed by atoms with van der Waals surface area (Å²) in [7, 11) is -3.76. The predicted octanol–water partition coefficient (Wildman–Crippen LogP) is 3.09. The third-order valence-electron chi connectivity index (χ3n) is 2.56. The number of aromatic amines is 1. The fraction of sp³-hybridized carbons (Fsp3) is 0.250. The van der Waals surface area contributed by atoms with Crippen molar-refractivity contribution in [3.8, 4) is 0 Å². The summed E-state index contributed by atoms with van der Waals surface area (Å²) in [6.45, 7) is 1.85. The molecular formula is C12H13F2N3O2S2. The summed E-state index contributed by atoms with van der Waals surface area (Å²) in [5.74, 6) is -1.94. The van der Waals surface area contributed by atoms with Crippen LogP contribution < -0.4 is 4.72 Å². The smallest absolute Gasteiger partial charge is 0.288 e. The average Bonchev–Trinajstić information content (AvgIpc) is 2.90. The van der Waals surface area contributed by atoms with Crippen molar-refractivity contribution in [3.63, 3.8) is 0 Å². The number of alkyl halides is 2. The zero-order valence-corrected chi connectivity index (χ0v) is 12.6. The van der Waals surface area contributed by atoms with E-state index in [2.05, 4.69) is 14.7 Å². The molecule has 1 heterocycles. The summed E-state index contributed by atoms with van der Waals surface area (Å²) in [5, 5.41) is -0.0367. The van der Waals surface area contributed by atoms with Crippen molar-refractivity contribution in [2.75, 3.05) is 4.72 Å². The lowest BCUT2D eigenvalue weighted by atomic mass is 10.3. The normalized spacial score (nSPS) is 11.8. The Hall–Kier alpha value is -1.61. The lowest BCUT2D eigenvalue weighted by molar-refractivity contribution is 0.252. The molecule has 1 aromatic carbocycles. The van der Waals surface area contributed by atoms with Gasteiger partial charge in [0.1, 0.15) is 5.82 Å². The Morgan fingerprint density at radius 2 is 2.00 bits per heavy atom. The van der Waals surface area contributed by atoms with Gasteiger partial charge in [-0.25, -0.2) is 4.98 Å². The van der Waals surface area contributed by atoms with Gasteiger partial charge in [-0.2, -0.15) is 17.2 Å². The van der Waals surface area contributed by atoms with Gasteiger partial charge in [0, 0.05) is 17.0 Å². The van der Waals surface area contributed by atoms with Crippen LogP contribution in [0.2, 0.25) is 0 Å². The number of H-pyrrole nitrogens is 1. The van der Waals surface area contributed by atoms with E-state index < -0.39 is 15.8 Å². The zero-order valence-electron chi connectivity index (χ0n) is 11.0. The molecule has 0 atom stereocenters. The van der Waals surface area contributed by atoms with Gasteiger partial charge in [-0.3, -0.25) is 4.72 Å². The fourth-order valence-corrected chi connectivity index (χ4v) is 3.07. The number of hydrogen-bond acceptors (Lipinski definition) is 4. The van der Waals surface area contributed by atoms with E-state index in [1.54, 1.807) is 0 Å². The summed E-state index contributed by atoms with van der Waals surface area (Å²) in [5.41, 5.74) is 0.293. The van der Waals surface area contributed by atoms with E-state index in [4.69, 9.17) is 0 Å². The number of nitrogens with one attached hydrogen (secondary N) is 2. The highest BCUT2D eigenvalue weighted by Crippen LogP contribution is 2.26. The number of nitrogens with zero attached hydrogens (tertiary/aromatic N) is 1. The summed E-state index contributed by atoms with van der Waals surface area (Å²) in [6.07, 6.45) is 1.83. The topological polar surface area (TPSA) is 74.8 Å². The third-order valence-corrected chi connectivity index (χ3v) is 4.57. The third kappa shape index (κ3) is 4.18. The van der Waals surface area contributed by atoms with Gasteiger partial charge >= 0.3 is 0 Å². The van der Waals surface area contributed by atoms with Crippen LogP contribution in [0.15, 0.2) is 40.4 Å². The quantitative estimate of drug-likeness (QED) is 0.797.